The molecule has 0 aromatic heterocycles. The summed E-state index contributed by atoms with van der Waals surface area (Å²) in [5.41, 5.74) is 6.87. The highest BCUT2D eigenvalue weighted by Crippen LogP contribution is 2.31. The average molecular weight is 269 g/mol. The van der Waals surface area contributed by atoms with E-state index in [1.54, 1.807) is 24.3 Å². The van der Waals surface area contributed by atoms with Crippen LogP contribution in [0.4, 0.5) is 5.69 Å². The van der Waals surface area contributed by atoms with Crippen LogP contribution in [0.3, 0.4) is 0 Å². The zero-order valence-corrected chi connectivity index (χ0v) is 11.2. The molecule has 100 valence electrons. The molecular weight excluding hydrogens is 250 g/mol. The molecule has 0 bridgehead atoms. The Morgan fingerprint density at radius 1 is 1.33 bits per heavy atom. The van der Waals surface area contributed by atoms with E-state index in [4.69, 9.17) is 5.73 Å². The minimum absolute atomic E-state index is 0.186. The summed E-state index contributed by atoms with van der Waals surface area (Å²) in [5.74, 6) is 0.654. The molecule has 1 aliphatic carbocycles. The maximum absolute atomic E-state index is 11.5. The Kier molecular flexibility index (Phi) is 3.89. The third-order valence-electron chi connectivity index (χ3n) is 3.20. The van der Waals surface area contributed by atoms with Gasteiger partial charge in [0.05, 0.1) is 4.90 Å². The van der Waals surface area contributed by atoms with Crippen molar-refractivity contribution >= 4 is 15.7 Å². The molecular formula is C12H19N3O2S. The largest absolute Gasteiger partial charge is 0.383 e. The predicted molar refractivity (Wildman–Crippen MR) is 71.9 cm³/mol. The summed E-state index contributed by atoms with van der Waals surface area (Å²) in [7, 11) is -1.95. The third-order valence-corrected chi connectivity index (χ3v) is 4.63. The number of benzene rings is 1. The van der Waals surface area contributed by atoms with Crippen molar-refractivity contribution in [3.63, 3.8) is 0 Å². The second-order valence-corrected chi connectivity index (χ2v) is 6.50. The van der Waals surface area contributed by atoms with Crippen LogP contribution in [0.15, 0.2) is 29.2 Å². The molecule has 0 spiro atoms. The number of hydrogen-bond acceptors (Lipinski definition) is 4. The smallest absolute Gasteiger partial charge is 0.240 e. The topological polar surface area (TPSA) is 84.2 Å². The number of sulfonamides is 1. The van der Waals surface area contributed by atoms with Crippen LogP contribution in [0.1, 0.15) is 12.8 Å². The Morgan fingerprint density at radius 3 is 2.44 bits per heavy atom. The van der Waals surface area contributed by atoms with Gasteiger partial charge in [0.15, 0.2) is 0 Å². The van der Waals surface area contributed by atoms with Gasteiger partial charge in [-0.05, 0) is 50.1 Å². The minimum atomic E-state index is -3.35. The lowest BCUT2D eigenvalue weighted by atomic mass is 10.2. The van der Waals surface area contributed by atoms with Gasteiger partial charge in [-0.2, -0.15) is 0 Å². The molecule has 1 aromatic carbocycles. The van der Waals surface area contributed by atoms with E-state index in [2.05, 4.69) is 10.0 Å². The van der Waals surface area contributed by atoms with E-state index in [0.717, 1.165) is 12.2 Å². The van der Waals surface area contributed by atoms with E-state index in [1.807, 2.05) is 0 Å². The van der Waals surface area contributed by atoms with Gasteiger partial charge < -0.3 is 11.1 Å². The van der Waals surface area contributed by atoms with Crippen LogP contribution < -0.4 is 15.8 Å². The van der Waals surface area contributed by atoms with E-state index < -0.39 is 10.0 Å². The van der Waals surface area contributed by atoms with Gasteiger partial charge >= 0.3 is 0 Å². The molecule has 1 saturated carbocycles. The van der Waals surface area contributed by atoms with Crippen molar-refractivity contribution in [3.8, 4) is 0 Å². The molecule has 0 heterocycles. The summed E-state index contributed by atoms with van der Waals surface area (Å²) < 4.78 is 25.3. The van der Waals surface area contributed by atoms with Crippen LogP contribution in [0, 0.1) is 5.92 Å². The van der Waals surface area contributed by atoms with Crippen molar-refractivity contribution in [1.29, 1.82) is 0 Å². The molecule has 1 fully saturated rings. The van der Waals surface area contributed by atoms with Crippen molar-refractivity contribution in [2.45, 2.75) is 23.8 Å². The Hall–Kier alpha value is -1.11. The van der Waals surface area contributed by atoms with Crippen LogP contribution in [0.5, 0.6) is 0 Å². The maximum Gasteiger partial charge on any atom is 0.240 e. The molecule has 1 aliphatic rings. The Bertz CT molecular complexity index is 495. The molecule has 1 atom stereocenters. The second-order valence-electron chi connectivity index (χ2n) is 4.61. The summed E-state index contributed by atoms with van der Waals surface area (Å²) in [5, 5.41) is 3.22. The fourth-order valence-electron chi connectivity index (χ4n) is 1.80. The number of nitrogens with one attached hydrogen (secondary N) is 2. The first-order valence-corrected chi connectivity index (χ1v) is 7.54. The van der Waals surface area contributed by atoms with Gasteiger partial charge in [-0.1, -0.05) is 0 Å². The molecule has 4 N–H and O–H groups in total. The summed E-state index contributed by atoms with van der Waals surface area (Å²) in [6.07, 6.45) is 2.45. The van der Waals surface area contributed by atoms with E-state index in [9.17, 15) is 8.42 Å². The minimum Gasteiger partial charge on any atom is -0.383 e. The lowest BCUT2D eigenvalue weighted by Crippen LogP contribution is -2.31. The quantitative estimate of drug-likeness (QED) is 0.711. The molecule has 0 aliphatic heterocycles. The first-order chi connectivity index (χ1) is 8.53. The standard InChI is InChI=1S/C12H19N3O2S/c1-14-18(16,17)11-6-4-10(5-7-11)15-8-12(13)9-2-3-9/h4-7,9,12,14-15H,2-3,8,13H2,1H3. The Morgan fingerprint density at radius 2 is 1.94 bits per heavy atom. The van der Waals surface area contributed by atoms with Crippen molar-refractivity contribution in [1.82, 2.24) is 4.72 Å². The van der Waals surface area contributed by atoms with Gasteiger partial charge in [0.1, 0.15) is 0 Å². The fraction of sp³-hybridized carbons (Fsp3) is 0.500. The molecule has 6 heteroatoms. The van der Waals surface area contributed by atoms with Crippen LogP contribution in [-0.2, 0) is 10.0 Å². The van der Waals surface area contributed by atoms with Crippen molar-refractivity contribution in [2.24, 2.45) is 11.7 Å². The highest BCUT2D eigenvalue weighted by molar-refractivity contribution is 7.89. The second kappa shape index (κ2) is 5.26. The number of anilines is 1. The molecule has 0 radical (unpaired) electrons. The number of hydrogen-bond donors (Lipinski definition) is 3. The zero-order chi connectivity index (χ0) is 13.2. The summed E-state index contributed by atoms with van der Waals surface area (Å²) in [4.78, 5) is 0.266. The Balaban J connectivity index is 1.95. The molecule has 0 amide bonds. The van der Waals surface area contributed by atoms with E-state index >= 15 is 0 Å². The molecule has 0 saturated heterocycles. The third kappa shape index (κ3) is 3.22. The summed E-state index contributed by atoms with van der Waals surface area (Å²) in [6, 6.07) is 6.85. The molecule has 1 aromatic rings. The lowest BCUT2D eigenvalue weighted by Gasteiger charge is -2.13. The first-order valence-electron chi connectivity index (χ1n) is 6.06. The number of nitrogens with two attached hydrogens (primary N) is 1. The molecule has 2 rings (SSSR count). The van der Waals surface area contributed by atoms with Crippen molar-refractivity contribution in [2.75, 3.05) is 18.9 Å². The molecule has 5 nitrogen and oxygen atoms in total. The van der Waals surface area contributed by atoms with Gasteiger partial charge in [-0.15, -0.1) is 0 Å². The first kappa shape index (κ1) is 13.3. The van der Waals surface area contributed by atoms with Gasteiger partial charge in [0.25, 0.3) is 0 Å². The Labute approximate surface area is 108 Å². The maximum atomic E-state index is 11.5. The molecule has 1 unspecified atom stereocenters. The average Bonchev–Trinajstić information content (AvgIpc) is 3.20. The van der Waals surface area contributed by atoms with Crippen LogP contribution in [-0.4, -0.2) is 28.1 Å². The monoisotopic (exact) mass is 269 g/mol. The zero-order valence-electron chi connectivity index (χ0n) is 10.4. The highest BCUT2D eigenvalue weighted by Gasteiger charge is 2.27. The SMILES string of the molecule is CNS(=O)(=O)c1ccc(NCC(N)C2CC2)cc1. The van der Waals surface area contributed by atoms with Gasteiger partial charge in [0, 0.05) is 18.3 Å². The van der Waals surface area contributed by atoms with E-state index in [1.165, 1.54) is 19.9 Å². The van der Waals surface area contributed by atoms with E-state index in [-0.39, 0.29) is 10.9 Å². The summed E-state index contributed by atoms with van der Waals surface area (Å²) in [6.45, 7) is 0.725. The van der Waals surface area contributed by atoms with Gasteiger partial charge in [-0.3, -0.25) is 0 Å². The van der Waals surface area contributed by atoms with E-state index in [0.29, 0.717) is 5.92 Å². The van der Waals surface area contributed by atoms with Gasteiger partial charge in [-0.25, -0.2) is 13.1 Å². The normalized spacial score (nSPS) is 17.4. The van der Waals surface area contributed by atoms with Crippen molar-refractivity contribution < 1.29 is 8.42 Å². The van der Waals surface area contributed by atoms with Crippen LogP contribution in [0.2, 0.25) is 0 Å². The lowest BCUT2D eigenvalue weighted by molar-refractivity contribution is 0.588. The van der Waals surface area contributed by atoms with Crippen LogP contribution >= 0.6 is 0 Å². The van der Waals surface area contributed by atoms with Crippen molar-refractivity contribution in [3.05, 3.63) is 24.3 Å². The number of rotatable bonds is 6. The predicted octanol–water partition coefficient (Wildman–Crippen LogP) is 0.744. The molecule has 18 heavy (non-hydrogen) atoms. The van der Waals surface area contributed by atoms with Crippen LogP contribution in [0.25, 0.3) is 0 Å². The summed E-state index contributed by atoms with van der Waals surface area (Å²) >= 11 is 0. The fourth-order valence-corrected chi connectivity index (χ4v) is 2.53. The highest BCUT2D eigenvalue weighted by atomic mass is 32.2. The van der Waals surface area contributed by atoms with Gasteiger partial charge in [0.2, 0.25) is 10.0 Å².